The summed E-state index contributed by atoms with van der Waals surface area (Å²) in [6.07, 6.45) is -3.59. The van der Waals surface area contributed by atoms with E-state index >= 15 is 0 Å². The Morgan fingerprint density at radius 1 is 1.21 bits per heavy atom. The average Bonchev–Trinajstić information content (AvgIpc) is 3.07. The highest BCUT2D eigenvalue weighted by Crippen LogP contribution is 2.37. The van der Waals surface area contributed by atoms with E-state index in [1.165, 1.54) is 31.4 Å². The van der Waals surface area contributed by atoms with Gasteiger partial charge in [-0.3, -0.25) is 4.68 Å². The predicted octanol–water partition coefficient (Wildman–Crippen LogP) is 4.46. The molecule has 3 rings (SSSR count). The largest absolute Gasteiger partial charge is 0.497 e. The number of benzene rings is 2. The quantitative estimate of drug-likeness (QED) is 0.649. The van der Waals surface area contributed by atoms with Crippen molar-refractivity contribution in [2.75, 3.05) is 7.11 Å². The van der Waals surface area contributed by atoms with Crippen LogP contribution in [0.15, 0.2) is 48.7 Å². The van der Waals surface area contributed by atoms with Gasteiger partial charge >= 0.3 is 12.1 Å². The summed E-state index contributed by atoms with van der Waals surface area (Å²) in [4.78, 5) is 11.0. The van der Waals surface area contributed by atoms with Gasteiger partial charge in [0.2, 0.25) is 0 Å². The molecular formula is C19H14F4N2O3. The molecule has 0 spiro atoms. The van der Waals surface area contributed by atoms with E-state index in [4.69, 9.17) is 9.84 Å². The number of rotatable bonds is 5. The van der Waals surface area contributed by atoms with E-state index in [2.05, 4.69) is 5.10 Å². The summed E-state index contributed by atoms with van der Waals surface area (Å²) in [6.45, 7) is -0.361. The summed E-state index contributed by atoms with van der Waals surface area (Å²) >= 11 is 0. The summed E-state index contributed by atoms with van der Waals surface area (Å²) in [5, 5.41) is 12.5. The second-order valence-electron chi connectivity index (χ2n) is 5.90. The van der Waals surface area contributed by atoms with Crippen LogP contribution in [0.5, 0.6) is 5.75 Å². The Morgan fingerprint density at radius 3 is 2.57 bits per heavy atom. The minimum atomic E-state index is -4.73. The summed E-state index contributed by atoms with van der Waals surface area (Å²) in [5.74, 6) is -2.10. The van der Waals surface area contributed by atoms with Crippen LogP contribution >= 0.6 is 0 Å². The van der Waals surface area contributed by atoms with Gasteiger partial charge < -0.3 is 9.84 Å². The molecule has 0 atom stereocenters. The molecule has 0 saturated heterocycles. The summed E-state index contributed by atoms with van der Waals surface area (Å²) in [6, 6.07) is 9.73. The molecule has 0 aliphatic carbocycles. The lowest BCUT2D eigenvalue weighted by Crippen LogP contribution is -2.11. The van der Waals surface area contributed by atoms with Crippen molar-refractivity contribution < 1.29 is 32.2 Å². The van der Waals surface area contributed by atoms with Crippen molar-refractivity contribution in [2.45, 2.75) is 12.7 Å². The van der Waals surface area contributed by atoms with Crippen LogP contribution in [0.25, 0.3) is 11.1 Å². The first-order chi connectivity index (χ1) is 13.2. The Labute approximate surface area is 156 Å². The highest BCUT2D eigenvalue weighted by atomic mass is 19.4. The lowest BCUT2D eigenvalue weighted by Gasteiger charge is -2.07. The highest BCUT2D eigenvalue weighted by molar-refractivity contribution is 5.88. The third-order valence-electron chi connectivity index (χ3n) is 4.05. The number of aromatic carboxylic acids is 1. The number of halogens is 4. The number of ether oxygens (including phenoxy) is 1. The van der Waals surface area contributed by atoms with E-state index in [9.17, 15) is 22.4 Å². The lowest BCUT2D eigenvalue weighted by molar-refractivity contribution is -0.141. The van der Waals surface area contributed by atoms with E-state index in [0.29, 0.717) is 5.75 Å². The van der Waals surface area contributed by atoms with E-state index in [-0.39, 0.29) is 23.2 Å². The van der Waals surface area contributed by atoms with Gasteiger partial charge in [-0.15, -0.1) is 0 Å². The molecule has 0 aliphatic heterocycles. The van der Waals surface area contributed by atoms with Gasteiger partial charge in [-0.25, -0.2) is 9.18 Å². The molecule has 0 aliphatic rings. The van der Waals surface area contributed by atoms with Gasteiger partial charge in [-0.05, 0) is 23.8 Å². The number of methoxy groups -OCH3 is 1. The predicted molar refractivity (Wildman–Crippen MR) is 91.7 cm³/mol. The maximum Gasteiger partial charge on any atom is 0.435 e. The minimum Gasteiger partial charge on any atom is -0.497 e. The molecular weight excluding hydrogens is 380 g/mol. The first kappa shape index (κ1) is 19.4. The van der Waals surface area contributed by atoms with Crippen LogP contribution in [0.2, 0.25) is 0 Å². The maximum absolute atomic E-state index is 14.3. The van der Waals surface area contributed by atoms with E-state index < -0.39 is 29.2 Å². The summed E-state index contributed by atoms with van der Waals surface area (Å²) < 4.78 is 60.7. The standard InChI is InChI=1S/C19H14F4N2O3/c1-28-13-6-2-4-11(8-13)15-10-25(24-17(15)19(21,22)23)9-12-5-3-7-14(16(12)20)18(26)27/h2-8,10H,9H2,1H3,(H,26,27). The zero-order valence-corrected chi connectivity index (χ0v) is 14.5. The lowest BCUT2D eigenvalue weighted by atomic mass is 10.1. The Balaban J connectivity index is 2.06. The van der Waals surface area contributed by atoms with Crippen LogP contribution < -0.4 is 4.74 Å². The number of aromatic nitrogens is 2. The first-order valence-corrected chi connectivity index (χ1v) is 8.00. The van der Waals surface area contributed by atoms with E-state index in [1.807, 2.05) is 0 Å². The van der Waals surface area contributed by atoms with Crippen LogP contribution in [0.4, 0.5) is 17.6 Å². The van der Waals surface area contributed by atoms with Crippen molar-refractivity contribution in [1.29, 1.82) is 0 Å². The Kier molecular flexibility index (Phi) is 5.08. The SMILES string of the molecule is COc1cccc(-c2cn(Cc3cccc(C(=O)O)c3F)nc2C(F)(F)F)c1. The summed E-state index contributed by atoms with van der Waals surface area (Å²) in [7, 11) is 1.39. The zero-order valence-electron chi connectivity index (χ0n) is 14.5. The average molecular weight is 394 g/mol. The van der Waals surface area contributed by atoms with Gasteiger partial charge in [0.15, 0.2) is 5.69 Å². The molecule has 0 fully saturated rings. The van der Waals surface area contributed by atoms with Gasteiger partial charge in [0.25, 0.3) is 0 Å². The van der Waals surface area contributed by atoms with Crippen molar-refractivity contribution in [3.63, 3.8) is 0 Å². The van der Waals surface area contributed by atoms with Gasteiger partial charge in [0.1, 0.15) is 11.6 Å². The molecule has 0 unspecified atom stereocenters. The molecule has 9 heteroatoms. The molecule has 0 saturated carbocycles. The fourth-order valence-electron chi connectivity index (χ4n) is 2.76. The Morgan fingerprint density at radius 2 is 1.93 bits per heavy atom. The van der Waals surface area contributed by atoms with Crippen LogP contribution in [0.1, 0.15) is 21.6 Å². The molecule has 3 aromatic rings. The van der Waals surface area contributed by atoms with Crippen LogP contribution in [-0.2, 0) is 12.7 Å². The smallest absolute Gasteiger partial charge is 0.435 e. The molecule has 1 N–H and O–H groups in total. The number of hydrogen-bond acceptors (Lipinski definition) is 3. The maximum atomic E-state index is 14.3. The molecule has 5 nitrogen and oxygen atoms in total. The van der Waals surface area contributed by atoms with Crippen LogP contribution in [-0.4, -0.2) is 28.0 Å². The number of carbonyl (C=O) groups is 1. The van der Waals surface area contributed by atoms with Crippen molar-refractivity contribution in [3.8, 4) is 16.9 Å². The zero-order chi connectivity index (χ0) is 20.5. The fraction of sp³-hybridized carbons (Fsp3) is 0.158. The van der Waals surface area contributed by atoms with Crippen molar-refractivity contribution in [1.82, 2.24) is 9.78 Å². The molecule has 28 heavy (non-hydrogen) atoms. The molecule has 0 amide bonds. The van der Waals surface area contributed by atoms with Crippen LogP contribution in [0.3, 0.4) is 0 Å². The number of hydrogen-bond donors (Lipinski definition) is 1. The van der Waals surface area contributed by atoms with E-state index in [1.54, 1.807) is 12.1 Å². The number of nitrogens with zero attached hydrogens (tertiary/aromatic N) is 2. The van der Waals surface area contributed by atoms with Crippen LogP contribution in [0, 0.1) is 5.82 Å². The van der Waals surface area contributed by atoms with Crippen molar-refractivity contribution >= 4 is 5.97 Å². The molecule has 1 heterocycles. The third-order valence-corrected chi connectivity index (χ3v) is 4.05. The molecule has 0 bridgehead atoms. The number of carboxylic acids is 1. The molecule has 0 radical (unpaired) electrons. The topological polar surface area (TPSA) is 64.3 Å². The second kappa shape index (κ2) is 7.34. The number of alkyl halides is 3. The summed E-state index contributed by atoms with van der Waals surface area (Å²) in [5.41, 5.74) is -1.74. The number of carboxylic acid groups (broad SMARTS) is 1. The first-order valence-electron chi connectivity index (χ1n) is 8.00. The molecule has 146 valence electrons. The van der Waals surface area contributed by atoms with E-state index in [0.717, 1.165) is 16.9 Å². The second-order valence-corrected chi connectivity index (χ2v) is 5.90. The molecule has 2 aromatic carbocycles. The van der Waals surface area contributed by atoms with Crippen molar-refractivity contribution in [2.24, 2.45) is 0 Å². The van der Waals surface area contributed by atoms with Gasteiger partial charge in [0, 0.05) is 17.3 Å². The minimum absolute atomic E-state index is 0.0895. The van der Waals surface area contributed by atoms with Crippen molar-refractivity contribution in [3.05, 3.63) is 71.3 Å². The molecule has 1 aromatic heterocycles. The highest BCUT2D eigenvalue weighted by Gasteiger charge is 2.37. The normalized spacial score (nSPS) is 11.5. The Bertz CT molecular complexity index is 1030. The van der Waals surface area contributed by atoms with Gasteiger partial charge in [0.05, 0.1) is 19.2 Å². The Hall–Kier alpha value is -3.36. The third kappa shape index (κ3) is 3.83. The fourth-order valence-corrected chi connectivity index (χ4v) is 2.76. The monoisotopic (exact) mass is 394 g/mol. The van der Waals surface area contributed by atoms with Gasteiger partial charge in [-0.2, -0.15) is 18.3 Å². The van der Waals surface area contributed by atoms with Gasteiger partial charge in [-0.1, -0.05) is 24.3 Å².